The molecule has 200 valence electrons. The van der Waals surface area contributed by atoms with Crippen LogP contribution in [-0.2, 0) is 18.9 Å². The van der Waals surface area contributed by atoms with Crippen LogP contribution in [0.4, 0.5) is 0 Å². The first-order valence-electron chi connectivity index (χ1n) is 14.2. The Hall–Kier alpha value is -0.240. The van der Waals surface area contributed by atoms with Crippen LogP contribution in [0.15, 0.2) is 0 Å². The second-order valence-corrected chi connectivity index (χ2v) is 14.7. The maximum atomic E-state index is 11.5. The van der Waals surface area contributed by atoms with E-state index in [4.69, 9.17) is 18.9 Å². The van der Waals surface area contributed by atoms with Crippen LogP contribution in [0.1, 0.15) is 113 Å². The van der Waals surface area contributed by atoms with Crippen LogP contribution in [-0.4, -0.2) is 56.4 Å². The predicted molar refractivity (Wildman–Crippen MR) is 132 cm³/mol. The fourth-order valence-electron chi connectivity index (χ4n) is 9.59. The Morgan fingerprint density at radius 1 is 0.629 bits per heavy atom. The molecular weight excluding hydrogens is 444 g/mol. The summed E-state index contributed by atoms with van der Waals surface area (Å²) in [4.78, 5) is 0. The van der Waals surface area contributed by atoms with E-state index in [2.05, 4.69) is 27.7 Å². The van der Waals surface area contributed by atoms with E-state index in [1.165, 1.54) is 0 Å². The third kappa shape index (κ3) is 2.73. The Balaban J connectivity index is 1.33. The fourth-order valence-corrected chi connectivity index (χ4v) is 9.59. The first-order valence-corrected chi connectivity index (χ1v) is 14.2. The zero-order valence-electron chi connectivity index (χ0n) is 23.2. The summed E-state index contributed by atoms with van der Waals surface area (Å²) in [6.45, 7) is 17.4. The van der Waals surface area contributed by atoms with Gasteiger partial charge < -0.3 is 29.2 Å². The molecule has 5 aliphatic heterocycles. The molecule has 0 aromatic heterocycles. The van der Waals surface area contributed by atoms with Crippen LogP contribution in [0.25, 0.3) is 0 Å². The van der Waals surface area contributed by atoms with E-state index >= 15 is 0 Å². The van der Waals surface area contributed by atoms with Gasteiger partial charge in [0.15, 0.2) is 11.6 Å². The van der Waals surface area contributed by atoms with Gasteiger partial charge in [0, 0.05) is 23.7 Å². The average molecular weight is 493 g/mol. The molecule has 6 nitrogen and oxygen atoms in total. The van der Waals surface area contributed by atoms with Gasteiger partial charge in [-0.15, -0.1) is 0 Å². The molecule has 2 N–H and O–H groups in total. The van der Waals surface area contributed by atoms with Crippen molar-refractivity contribution in [2.45, 2.75) is 159 Å². The monoisotopic (exact) mass is 492 g/mol. The molecule has 6 heteroatoms. The molecule has 2 saturated carbocycles. The minimum atomic E-state index is -1.23. The lowest BCUT2D eigenvalue weighted by Crippen LogP contribution is -2.74. The Morgan fingerprint density at radius 3 is 1.83 bits per heavy atom. The van der Waals surface area contributed by atoms with E-state index in [0.717, 1.165) is 44.9 Å². The van der Waals surface area contributed by atoms with E-state index in [1.54, 1.807) is 0 Å². The van der Waals surface area contributed by atoms with E-state index in [1.807, 2.05) is 27.7 Å². The van der Waals surface area contributed by atoms with Crippen molar-refractivity contribution < 1.29 is 29.2 Å². The first-order chi connectivity index (χ1) is 16.0. The molecule has 2 aliphatic carbocycles. The predicted octanol–water partition coefficient (Wildman–Crippen LogP) is 5.08. The highest BCUT2D eigenvalue weighted by Gasteiger charge is 2.76. The van der Waals surface area contributed by atoms with Gasteiger partial charge in [-0.2, -0.15) is 0 Å². The lowest BCUT2D eigenvalue weighted by atomic mass is 9.52. The standard InChI is InChI=1S/C29H48O6/c1-18-9-10-20-26(14-16-29(31,35-26)22(3,4)32-20)24(18,7)11-12-25(8)19(2)17-21-27(25)13-15-28(30,33-21)23(5,6)34-27/h18-21,30-31H,9-17H2,1-8H3/t18-,19-,20-,21-,24-,25+,26?,27-,28+,29?/m0/s1. The summed E-state index contributed by atoms with van der Waals surface area (Å²) in [6.07, 6.45) is 7.89. The maximum Gasteiger partial charge on any atom is 0.195 e. The summed E-state index contributed by atoms with van der Waals surface area (Å²) in [5.74, 6) is -1.54. The molecular formula is C29H48O6. The van der Waals surface area contributed by atoms with Crippen molar-refractivity contribution in [3.63, 3.8) is 0 Å². The molecule has 4 bridgehead atoms. The largest absolute Gasteiger partial charge is 0.364 e. The summed E-state index contributed by atoms with van der Waals surface area (Å²) in [5, 5.41) is 22.7. The minimum absolute atomic E-state index is 0.0130. The van der Waals surface area contributed by atoms with Crippen molar-refractivity contribution in [2.24, 2.45) is 22.7 Å². The van der Waals surface area contributed by atoms with Crippen molar-refractivity contribution in [3.8, 4) is 0 Å². The number of hydrogen-bond donors (Lipinski definition) is 2. The van der Waals surface area contributed by atoms with Gasteiger partial charge in [-0.05, 0) is 84.5 Å². The summed E-state index contributed by atoms with van der Waals surface area (Å²) in [6, 6.07) is 0. The Labute approximate surface area is 211 Å². The van der Waals surface area contributed by atoms with E-state index in [0.29, 0.717) is 24.7 Å². The highest BCUT2D eigenvalue weighted by molar-refractivity contribution is 5.22. The second-order valence-electron chi connectivity index (χ2n) is 14.7. The number of hydrogen-bond acceptors (Lipinski definition) is 6. The summed E-state index contributed by atoms with van der Waals surface area (Å²) in [5.41, 5.74) is -2.46. The van der Waals surface area contributed by atoms with Gasteiger partial charge in [0.2, 0.25) is 0 Å². The van der Waals surface area contributed by atoms with Gasteiger partial charge >= 0.3 is 0 Å². The molecule has 7 rings (SSSR count). The van der Waals surface area contributed by atoms with E-state index in [9.17, 15) is 10.2 Å². The fraction of sp³-hybridized carbons (Fsp3) is 1.00. The zero-order valence-corrected chi connectivity index (χ0v) is 23.2. The Bertz CT molecular complexity index is 919. The van der Waals surface area contributed by atoms with Crippen LogP contribution in [0.5, 0.6) is 0 Å². The average Bonchev–Trinajstić information content (AvgIpc) is 3.20. The molecule has 35 heavy (non-hydrogen) atoms. The van der Waals surface area contributed by atoms with Gasteiger partial charge in [0.05, 0.1) is 12.2 Å². The molecule has 0 radical (unpaired) electrons. The van der Waals surface area contributed by atoms with Crippen LogP contribution in [0.2, 0.25) is 0 Å². The number of rotatable bonds is 3. The lowest BCUT2D eigenvalue weighted by molar-refractivity contribution is -0.448. The molecule has 0 amide bonds. The van der Waals surface area contributed by atoms with Gasteiger partial charge in [-0.3, -0.25) is 0 Å². The maximum absolute atomic E-state index is 11.5. The van der Waals surface area contributed by atoms with Gasteiger partial charge in [0.1, 0.15) is 22.4 Å². The second kappa shape index (κ2) is 6.84. The molecule has 0 aromatic carbocycles. The van der Waals surface area contributed by atoms with Crippen molar-refractivity contribution in [1.82, 2.24) is 0 Å². The summed E-state index contributed by atoms with van der Waals surface area (Å²) in [7, 11) is 0. The smallest absolute Gasteiger partial charge is 0.195 e. The Morgan fingerprint density at radius 2 is 1.20 bits per heavy atom. The highest BCUT2D eigenvalue weighted by Crippen LogP contribution is 2.69. The highest BCUT2D eigenvalue weighted by atomic mass is 16.7. The van der Waals surface area contributed by atoms with Crippen LogP contribution >= 0.6 is 0 Å². The molecule has 2 unspecified atom stereocenters. The van der Waals surface area contributed by atoms with Crippen molar-refractivity contribution in [2.75, 3.05) is 0 Å². The number of fused-ring (bicyclic) bond motifs is 3. The topological polar surface area (TPSA) is 77.4 Å². The normalized spacial score (nSPS) is 59.8. The van der Waals surface area contributed by atoms with Crippen LogP contribution in [0, 0.1) is 22.7 Å². The molecule has 10 atom stereocenters. The van der Waals surface area contributed by atoms with E-state index < -0.39 is 28.4 Å². The molecule has 5 saturated heterocycles. The summed E-state index contributed by atoms with van der Waals surface area (Å²) < 4.78 is 26.8. The van der Waals surface area contributed by atoms with Crippen LogP contribution < -0.4 is 0 Å². The van der Waals surface area contributed by atoms with Gasteiger partial charge in [0.25, 0.3) is 0 Å². The first kappa shape index (κ1) is 25.1. The van der Waals surface area contributed by atoms with Gasteiger partial charge in [-0.1, -0.05) is 27.7 Å². The SMILES string of the molecule is C[C@H]1CC[C@@H]2OC(C)(C)C3(O)CCC2(O3)[C@@]1(C)CC[C@]1(C)[C@@H](C)C[C@@H]2O[C@]3(O)CC[C@]21OC3(C)C. The Kier molecular flexibility index (Phi) is 4.90. The quantitative estimate of drug-likeness (QED) is 0.572. The zero-order chi connectivity index (χ0) is 25.5. The number of aliphatic hydroxyl groups is 2. The van der Waals surface area contributed by atoms with Gasteiger partial charge in [-0.25, -0.2) is 0 Å². The third-order valence-corrected chi connectivity index (χ3v) is 12.9. The minimum Gasteiger partial charge on any atom is -0.364 e. The summed E-state index contributed by atoms with van der Waals surface area (Å²) >= 11 is 0. The molecule has 7 aliphatic rings. The third-order valence-electron chi connectivity index (χ3n) is 12.9. The molecule has 2 spiro atoms. The molecule has 5 heterocycles. The van der Waals surface area contributed by atoms with E-state index in [-0.39, 0.29) is 28.6 Å². The molecule has 7 fully saturated rings. The van der Waals surface area contributed by atoms with Crippen molar-refractivity contribution in [1.29, 1.82) is 0 Å². The van der Waals surface area contributed by atoms with Crippen molar-refractivity contribution >= 4 is 0 Å². The van der Waals surface area contributed by atoms with Crippen molar-refractivity contribution in [3.05, 3.63) is 0 Å². The lowest BCUT2D eigenvalue weighted by Gasteiger charge is -2.65. The molecule has 0 aromatic rings. The van der Waals surface area contributed by atoms with Crippen LogP contribution in [0.3, 0.4) is 0 Å². The number of ether oxygens (including phenoxy) is 4.